The number of terminal acetylenes is 1. The molecule has 4 aromatic carbocycles. The summed E-state index contributed by atoms with van der Waals surface area (Å²) in [7, 11) is 0. The van der Waals surface area contributed by atoms with Gasteiger partial charge in [-0.15, -0.1) is 28.5 Å². The second kappa shape index (κ2) is 15.7. The number of aryl methyl sites for hydroxylation is 9. The predicted molar refractivity (Wildman–Crippen MR) is 249 cm³/mol. The van der Waals surface area contributed by atoms with E-state index < -0.39 is 0 Å². The number of benzene rings is 4. The fraction of sp³-hybridized carbons (Fsp3) is 0.164. The van der Waals surface area contributed by atoms with Gasteiger partial charge in [0.1, 0.15) is 0 Å². The smallest absolute Gasteiger partial charge is 0.657 e. The van der Waals surface area contributed by atoms with Crippen molar-refractivity contribution in [3.05, 3.63) is 163 Å². The van der Waals surface area contributed by atoms with Crippen LogP contribution >= 0.6 is 0 Å². The zero-order valence-electron chi connectivity index (χ0n) is 36.0. The zero-order valence-corrected chi connectivity index (χ0v) is 38.9. The number of nitrogens with zero attached hydrogens (tertiary/aromatic N) is 4. The Balaban J connectivity index is 0.00000499. The molecule has 0 radical (unpaired) electrons. The molecule has 60 heavy (non-hydrogen) atoms. The van der Waals surface area contributed by atoms with Crippen molar-refractivity contribution in [1.82, 2.24) is 19.9 Å². The van der Waals surface area contributed by atoms with Crippen LogP contribution in [0.25, 0.3) is 90.9 Å². The third-order valence-electron chi connectivity index (χ3n) is 11.7. The summed E-state index contributed by atoms with van der Waals surface area (Å²) in [5.41, 5.74) is 26.8. The Kier molecular flexibility index (Phi) is 10.6. The van der Waals surface area contributed by atoms with Crippen LogP contribution in [0.15, 0.2) is 84.9 Å². The van der Waals surface area contributed by atoms with Gasteiger partial charge >= 0.3 is 19.5 Å². The van der Waals surface area contributed by atoms with Gasteiger partial charge in [0, 0.05) is 11.1 Å². The number of rotatable bonds is 4. The molecule has 4 nitrogen and oxygen atoms in total. The van der Waals surface area contributed by atoms with Crippen LogP contribution in [0.3, 0.4) is 0 Å². The first kappa shape index (κ1) is 40.4. The maximum absolute atomic E-state index is 5.82. The van der Waals surface area contributed by atoms with Crippen LogP contribution < -0.4 is 9.97 Å². The van der Waals surface area contributed by atoms with Crippen molar-refractivity contribution in [2.45, 2.75) is 62.3 Å². The van der Waals surface area contributed by atoms with Crippen molar-refractivity contribution in [2.75, 3.05) is 0 Å². The molecule has 0 atom stereocenters. The average Bonchev–Trinajstić information content (AvgIpc) is 4.02. The summed E-state index contributed by atoms with van der Waals surface area (Å²) in [5.74, 6) is 2.78. The van der Waals surface area contributed by atoms with Crippen LogP contribution in [-0.2, 0) is 19.5 Å². The second-order valence-corrected chi connectivity index (χ2v) is 16.4. The van der Waals surface area contributed by atoms with E-state index >= 15 is 0 Å². The molecule has 5 heterocycles. The first-order valence-electron chi connectivity index (χ1n) is 20.3. The first-order valence-corrected chi connectivity index (χ1v) is 20.3. The summed E-state index contributed by atoms with van der Waals surface area (Å²) in [6.07, 6.45) is 14.3. The fourth-order valence-electron chi connectivity index (χ4n) is 9.61. The van der Waals surface area contributed by atoms with Crippen LogP contribution in [0, 0.1) is 74.7 Å². The summed E-state index contributed by atoms with van der Waals surface area (Å²) in [6.45, 7) is 19.6. The monoisotopic (exact) mass is 827 g/mol. The molecule has 0 saturated carbocycles. The largest absolute Gasteiger partial charge is 2.00 e. The van der Waals surface area contributed by atoms with Gasteiger partial charge in [0.05, 0.1) is 22.8 Å². The molecular formula is C55H46N4Zn. The fourth-order valence-corrected chi connectivity index (χ4v) is 9.61. The van der Waals surface area contributed by atoms with Crippen molar-refractivity contribution < 1.29 is 19.5 Å². The molecule has 5 heteroatoms. The van der Waals surface area contributed by atoms with Crippen molar-refractivity contribution in [3.63, 3.8) is 0 Å². The molecule has 2 aliphatic heterocycles. The van der Waals surface area contributed by atoms with E-state index in [1.807, 2.05) is 12.1 Å². The van der Waals surface area contributed by atoms with Crippen LogP contribution in [-0.4, -0.2) is 9.97 Å². The maximum Gasteiger partial charge on any atom is 2.00 e. The molecule has 0 aliphatic carbocycles. The molecule has 2 aliphatic rings. The first-order chi connectivity index (χ1) is 28.4. The van der Waals surface area contributed by atoms with Crippen LogP contribution in [0.2, 0.25) is 0 Å². The van der Waals surface area contributed by atoms with Crippen molar-refractivity contribution in [3.8, 4) is 56.9 Å². The standard InChI is InChI=1S/C55H46N4.Zn/c1-11-39-12-14-40(15-13-39)52-41-16-18-43(56-41)53(49-33(5)24-30(2)25-34(49)6)45-20-22-47(58-45)55(51-37(9)28-32(4)29-38(51)10)48-23-21-46(59-48)54(44-19-17-42(52)57-44)50-35(7)26-31(3)27-36(50)8;/h1,12-29H,2-10H3;/q-2;+2/i52+1;. The molecule has 0 fully saturated rings. The Morgan fingerprint density at radius 1 is 0.383 bits per heavy atom. The minimum Gasteiger partial charge on any atom is -0.657 e. The van der Waals surface area contributed by atoms with Gasteiger partial charge in [-0.1, -0.05) is 95.4 Å². The van der Waals surface area contributed by atoms with E-state index in [9.17, 15) is 0 Å². The quantitative estimate of drug-likeness (QED) is 0.131. The summed E-state index contributed by atoms with van der Waals surface area (Å²) >= 11 is 0. The molecule has 7 aromatic rings. The van der Waals surface area contributed by atoms with E-state index in [4.69, 9.17) is 26.4 Å². The normalized spacial score (nSPS) is 11.8. The van der Waals surface area contributed by atoms with Crippen LogP contribution in [0.4, 0.5) is 0 Å². The summed E-state index contributed by atoms with van der Waals surface area (Å²) in [6, 6.07) is 30.3. The maximum atomic E-state index is 5.82. The summed E-state index contributed by atoms with van der Waals surface area (Å²) < 4.78 is 0. The molecule has 0 spiro atoms. The molecule has 8 bridgehead atoms. The van der Waals surface area contributed by atoms with Gasteiger partial charge in [-0.2, -0.15) is 0 Å². The van der Waals surface area contributed by atoms with Gasteiger partial charge in [0.2, 0.25) is 0 Å². The Morgan fingerprint density at radius 2 is 0.683 bits per heavy atom. The van der Waals surface area contributed by atoms with Crippen molar-refractivity contribution >= 4 is 46.4 Å². The minimum absolute atomic E-state index is 0. The van der Waals surface area contributed by atoms with Crippen molar-refractivity contribution in [2.24, 2.45) is 0 Å². The molecule has 288 valence electrons. The Morgan fingerprint density at radius 3 is 1.02 bits per heavy atom. The Labute approximate surface area is 366 Å². The molecule has 0 amide bonds. The van der Waals surface area contributed by atoms with E-state index in [-0.39, 0.29) is 19.5 Å². The topological polar surface area (TPSA) is 54.0 Å². The van der Waals surface area contributed by atoms with E-state index in [0.717, 1.165) is 94.9 Å². The third kappa shape index (κ3) is 7.00. The molecule has 0 saturated heterocycles. The Hall–Kier alpha value is -6.34. The number of fused-ring (bicyclic) bond motifs is 8. The minimum atomic E-state index is 0. The van der Waals surface area contributed by atoms with E-state index in [1.165, 1.54) is 50.1 Å². The van der Waals surface area contributed by atoms with Gasteiger partial charge in [0.15, 0.2) is 0 Å². The van der Waals surface area contributed by atoms with Gasteiger partial charge in [-0.25, -0.2) is 9.97 Å². The summed E-state index contributed by atoms with van der Waals surface area (Å²) in [4.78, 5) is 22.1. The van der Waals surface area contributed by atoms with Crippen LogP contribution in [0.1, 0.15) is 78.4 Å². The number of hydrogen-bond donors (Lipinski definition) is 0. The Bertz CT molecular complexity index is 2970. The number of aromatic nitrogens is 4. The third-order valence-corrected chi connectivity index (χ3v) is 11.7. The molecule has 0 unspecified atom stereocenters. The van der Waals surface area contributed by atoms with Crippen LogP contribution in [0.5, 0.6) is 0 Å². The van der Waals surface area contributed by atoms with Gasteiger partial charge in [-0.05, 0) is 171 Å². The van der Waals surface area contributed by atoms with Gasteiger partial charge in [-0.3, -0.25) is 0 Å². The number of hydrogen-bond acceptors (Lipinski definition) is 2. The SMILES string of the molecule is C#Cc1ccc(-[13c]2c3nc(c(-c4c(C)cc(C)cc4C)c4ccc([n-]4)c(-c4c(C)cc(C)cc4C)c4ccc([n-]4)c(-c4c(C)cc(C)cc4C)c4nc2C=C4)C=C3)cc1.[Zn+2]. The van der Waals surface area contributed by atoms with E-state index in [2.05, 4.69) is 165 Å². The molecular weight excluding hydrogens is 783 g/mol. The van der Waals surface area contributed by atoms with Gasteiger partial charge < -0.3 is 9.97 Å². The zero-order chi connectivity index (χ0) is 41.3. The molecule has 0 N–H and O–H groups in total. The molecule has 3 aromatic heterocycles. The van der Waals surface area contributed by atoms with E-state index in [1.54, 1.807) is 0 Å². The molecule has 9 rings (SSSR count). The van der Waals surface area contributed by atoms with Crippen molar-refractivity contribution in [1.29, 1.82) is 0 Å². The summed E-state index contributed by atoms with van der Waals surface area (Å²) in [5, 5.41) is 0. The second-order valence-electron chi connectivity index (χ2n) is 16.4. The average molecular weight is 829 g/mol. The van der Waals surface area contributed by atoms with Gasteiger partial charge in [0.25, 0.3) is 0 Å². The van der Waals surface area contributed by atoms with E-state index in [0.29, 0.717) is 0 Å². The predicted octanol–water partition coefficient (Wildman–Crippen LogP) is 13.3.